The second-order valence-corrected chi connectivity index (χ2v) is 5.93. The Morgan fingerprint density at radius 3 is 2.85 bits per heavy atom. The second-order valence-electron chi connectivity index (χ2n) is 5.93. The van der Waals surface area contributed by atoms with E-state index in [1.165, 1.54) is 16.5 Å². The quantitative estimate of drug-likeness (QED) is 0.496. The van der Waals surface area contributed by atoms with Gasteiger partial charge in [-0.05, 0) is 37.6 Å². The number of fused-ring (bicyclic) bond motifs is 1. The zero-order chi connectivity index (χ0) is 19.2. The summed E-state index contributed by atoms with van der Waals surface area (Å²) in [6, 6.07) is 12.4. The van der Waals surface area contributed by atoms with Crippen LogP contribution in [0.4, 0.5) is 0 Å². The molecule has 0 bridgehead atoms. The van der Waals surface area contributed by atoms with Crippen molar-refractivity contribution < 1.29 is 14.3 Å². The normalized spacial score (nSPS) is 11.0. The molecule has 2 aromatic heterocycles. The van der Waals surface area contributed by atoms with Crippen molar-refractivity contribution in [3.05, 3.63) is 81.9 Å². The molecule has 6 heteroatoms. The zero-order valence-electron chi connectivity index (χ0n) is 15.2. The van der Waals surface area contributed by atoms with Gasteiger partial charge in [0.15, 0.2) is 0 Å². The molecule has 0 saturated heterocycles. The van der Waals surface area contributed by atoms with Crippen LogP contribution in [0, 0.1) is 6.92 Å². The monoisotopic (exact) mass is 364 g/mol. The van der Waals surface area contributed by atoms with Gasteiger partial charge in [-0.25, -0.2) is 9.78 Å². The summed E-state index contributed by atoms with van der Waals surface area (Å²) in [4.78, 5) is 28.5. The van der Waals surface area contributed by atoms with Crippen molar-refractivity contribution >= 4 is 17.7 Å². The highest BCUT2D eigenvalue weighted by molar-refractivity contribution is 5.87. The van der Waals surface area contributed by atoms with Gasteiger partial charge in [-0.2, -0.15) is 0 Å². The largest absolute Gasteiger partial charge is 0.493 e. The molecule has 0 aliphatic heterocycles. The van der Waals surface area contributed by atoms with Crippen LogP contribution in [0.15, 0.2) is 59.5 Å². The minimum Gasteiger partial charge on any atom is -0.493 e. The zero-order valence-corrected chi connectivity index (χ0v) is 15.2. The lowest BCUT2D eigenvalue weighted by Gasteiger charge is -2.06. The number of carbonyl (C=O) groups excluding carboxylic acids is 1. The van der Waals surface area contributed by atoms with Crippen LogP contribution in [0.1, 0.15) is 23.7 Å². The highest BCUT2D eigenvalue weighted by Crippen LogP contribution is 2.19. The summed E-state index contributed by atoms with van der Waals surface area (Å²) < 4.78 is 12.2. The summed E-state index contributed by atoms with van der Waals surface area (Å²) >= 11 is 0. The van der Waals surface area contributed by atoms with E-state index in [1.807, 2.05) is 44.2 Å². The molecule has 138 valence electrons. The summed E-state index contributed by atoms with van der Waals surface area (Å²) in [5.74, 6) is 0.177. The molecular formula is C21H20N2O4. The van der Waals surface area contributed by atoms with Crippen molar-refractivity contribution in [2.24, 2.45) is 0 Å². The Labute approximate surface area is 156 Å². The van der Waals surface area contributed by atoms with Gasteiger partial charge >= 0.3 is 5.97 Å². The molecule has 0 N–H and O–H groups in total. The number of aromatic nitrogens is 2. The molecule has 27 heavy (non-hydrogen) atoms. The Morgan fingerprint density at radius 1 is 1.22 bits per heavy atom. The fourth-order valence-electron chi connectivity index (χ4n) is 2.59. The predicted molar refractivity (Wildman–Crippen MR) is 103 cm³/mol. The lowest BCUT2D eigenvalue weighted by Crippen LogP contribution is -2.16. The van der Waals surface area contributed by atoms with Crippen molar-refractivity contribution in [1.29, 1.82) is 0 Å². The van der Waals surface area contributed by atoms with Gasteiger partial charge < -0.3 is 9.47 Å². The van der Waals surface area contributed by atoms with Crippen LogP contribution in [0.3, 0.4) is 0 Å². The first-order chi connectivity index (χ1) is 13.1. The van der Waals surface area contributed by atoms with Gasteiger partial charge in [-0.15, -0.1) is 0 Å². The fourth-order valence-corrected chi connectivity index (χ4v) is 2.59. The maximum atomic E-state index is 12.2. The number of esters is 1. The van der Waals surface area contributed by atoms with E-state index in [1.54, 1.807) is 18.3 Å². The van der Waals surface area contributed by atoms with E-state index < -0.39 is 5.97 Å². The third-order valence-corrected chi connectivity index (χ3v) is 3.84. The second kappa shape index (κ2) is 8.31. The average molecular weight is 364 g/mol. The van der Waals surface area contributed by atoms with E-state index in [9.17, 15) is 9.59 Å². The number of carbonyl (C=O) groups is 1. The molecule has 0 spiro atoms. The topological polar surface area (TPSA) is 69.9 Å². The molecule has 0 fully saturated rings. The van der Waals surface area contributed by atoms with E-state index >= 15 is 0 Å². The van der Waals surface area contributed by atoms with Crippen molar-refractivity contribution in [1.82, 2.24) is 9.38 Å². The van der Waals surface area contributed by atoms with Crippen LogP contribution in [-0.4, -0.2) is 22.0 Å². The molecule has 1 aromatic carbocycles. The standard InChI is InChI=1S/C21H20N2O4/c1-3-26-18-7-5-4-6-16(18)9-11-21(25)27-14-17-12-20(24)23-13-15(2)8-10-19(23)22-17/h4-13H,3,14H2,1-2H3/b11-9+. The van der Waals surface area contributed by atoms with Gasteiger partial charge in [0.2, 0.25) is 0 Å². The lowest BCUT2D eigenvalue weighted by atomic mass is 10.2. The molecule has 0 unspecified atom stereocenters. The molecule has 0 radical (unpaired) electrons. The van der Waals surface area contributed by atoms with Crippen molar-refractivity contribution in [2.45, 2.75) is 20.5 Å². The lowest BCUT2D eigenvalue weighted by molar-refractivity contribution is -0.139. The Bertz CT molecular complexity index is 1050. The first-order valence-electron chi connectivity index (χ1n) is 8.62. The Hall–Kier alpha value is -3.41. The number of ether oxygens (including phenoxy) is 2. The van der Waals surface area contributed by atoms with Gasteiger partial charge in [0.05, 0.1) is 12.3 Å². The van der Waals surface area contributed by atoms with Crippen molar-refractivity contribution in [2.75, 3.05) is 6.61 Å². The molecule has 0 aliphatic carbocycles. The van der Waals surface area contributed by atoms with Crippen molar-refractivity contribution in [3.8, 4) is 5.75 Å². The molecular weight excluding hydrogens is 344 g/mol. The van der Waals surface area contributed by atoms with E-state index in [0.29, 0.717) is 23.7 Å². The average Bonchev–Trinajstić information content (AvgIpc) is 2.66. The summed E-state index contributed by atoms with van der Waals surface area (Å²) in [6.07, 6.45) is 4.69. The van der Waals surface area contributed by atoms with Gasteiger partial charge in [0.1, 0.15) is 18.0 Å². The summed E-state index contributed by atoms with van der Waals surface area (Å²) in [6.45, 7) is 4.26. The Balaban J connectivity index is 1.68. The highest BCUT2D eigenvalue weighted by Gasteiger charge is 2.06. The number of nitrogens with zero attached hydrogens (tertiary/aromatic N) is 2. The molecule has 3 rings (SSSR count). The number of benzene rings is 1. The molecule has 0 aliphatic rings. The number of hydrogen-bond donors (Lipinski definition) is 0. The van der Waals surface area contributed by atoms with Gasteiger partial charge in [-0.1, -0.05) is 24.3 Å². The van der Waals surface area contributed by atoms with Crippen molar-refractivity contribution in [3.63, 3.8) is 0 Å². The molecule has 6 nitrogen and oxygen atoms in total. The Morgan fingerprint density at radius 2 is 2.04 bits per heavy atom. The summed E-state index contributed by atoms with van der Waals surface area (Å²) in [5, 5.41) is 0. The third kappa shape index (κ3) is 4.61. The van der Waals surface area contributed by atoms with Gasteiger partial charge in [-0.3, -0.25) is 9.20 Å². The molecule has 3 aromatic rings. The molecule has 0 amide bonds. The minimum absolute atomic E-state index is 0.0735. The number of para-hydroxylation sites is 1. The fraction of sp³-hybridized carbons (Fsp3) is 0.190. The summed E-state index contributed by atoms with van der Waals surface area (Å²) in [5.41, 5.74) is 2.45. The number of hydrogen-bond acceptors (Lipinski definition) is 5. The highest BCUT2D eigenvalue weighted by atomic mass is 16.5. The van der Waals surface area contributed by atoms with Crippen LogP contribution < -0.4 is 10.3 Å². The maximum absolute atomic E-state index is 12.2. The number of aryl methyl sites for hydroxylation is 1. The van der Waals surface area contributed by atoms with E-state index in [0.717, 1.165) is 11.1 Å². The summed E-state index contributed by atoms with van der Waals surface area (Å²) in [7, 11) is 0. The van der Waals surface area contributed by atoms with Crippen LogP contribution in [-0.2, 0) is 16.1 Å². The third-order valence-electron chi connectivity index (χ3n) is 3.84. The number of rotatable bonds is 6. The first-order valence-corrected chi connectivity index (χ1v) is 8.62. The first kappa shape index (κ1) is 18.4. The predicted octanol–water partition coefficient (Wildman–Crippen LogP) is 3.16. The van der Waals surface area contributed by atoms with E-state index in [4.69, 9.17) is 9.47 Å². The Kier molecular flexibility index (Phi) is 5.66. The van der Waals surface area contributed by atoms with Crippen LogP contribution >= 0.6 is 0 Å². The van der Waals surface area contributed by atoms with Gasteiger partial charge in [0.25, 0.3) is 5.56 Å². The smallest absolute Gasteiger partial charge is 0.331 e. The van der Waals surface area contributed by atoms with Crippen LogP contribution in [0.5, 0.6) is 5.75 Å². The molecule has 2 heterocycles. The van der Waals surface area contributed by atoms with E-state index in [2.05, 4.69) is 4.98 Å². The van der Waals surface area contributed by atoms with Crippen LogP contribution in [0.25, 0.3) is 11.7 Å². The maximum Gasteiger partial charge on any atom is 0.331 e. The molecule has 0 saturated carbocycles. The number of pyridine rings is 1. The SMILES string of the molecule is CCOc1ccccc1/C=C/C(=O)OCc1cc(=O)n2cc(C)ccc2n1. The minimum atomic E-state index is -0.521. The van der Waals surface area contributed by atoms with Gasteiger partial charge in [0, 0.05) is 23.9 Å². The van der Waals surface area contributed by atoms with E-state index in [-0.39, 0.29) is 12.2 Å². The molecule has 0 atom stereocenters. The van der Waals surface area contributed by atoms with Crippen LogP contribution in [0.2, 0.25) is 0 Å².